The molecule has 0 heterocycles. The predicted octanol–water partition coefficient (Wildman–Crippen LogP) is 9.78. The first-order chi connectivity index (χ1) is 15.7. The minimum absolute atomic E-state index is 0.187. The van der Waals surface area contributed by atoms with Gasteiger partial charge in [-0.05, 0) is 0 Å². The zero-order valence-electron chi connectivity index (χ0n) is 24.2. The maximum atomic E-state index is 10.9. The molecule has 2 nitrogen and oxygen atoms in total. The van der Waals surface area contributed by atoms with E-state index in [9.17, 15) is 9.79 Å². The Kier molecular flexibility index (Phi) is 16.7. The van der Waals surface area contributed by atoms with Crippen LogP contribution in [0.5, 0.6) is 0 Å². The molecular formula is C28H65O2P3. The van der Waals surface area contributed by atoms with Crippen LogP contribution in [-0.2, 0) is 0 Å². The van der Waals surface area contributed by atoms with E-state index in [1.807, 2.05) is 0 Å². The molecule has 0 spiro atoms. The second kappa shape index (κ2) is 16.1. The molecule has 0 bridgehead atoms. The van der Waals surface area contributed by atoms with E-state index in [0.29, 0.717) is 0 Å². The molecule has 0 aromatic heterocycles. The summed E-state index contributed by atoms with van der Waals surface area (Å²) in [5.74, 6) is 0. The molecule has 1 unspecified atom stereocenters. The van der Waals surface area contributed by atoms with Crippen LogP contribution in [-0.4, -0.2) is 70.6 Å². The predicted molar refractivity (Wildman–Crippen MR) is 164 cm³/mol. The van der Waals surface area contributed by atoms with E-state index < -0.39 is 21.6 Å². The van der Waals surface area contributed by atoms with Gasteiger partial charge in [-0.2, -0.15) is 0 Å². The van der Waals surface area contributed by atoms with Gasteiger partial charge in [-0.3, -0.25) is 0 Å². The summed E-state index contributed by atoms with van der Waals surface area (Å²) in [6.07, 6.45) is 24.8. The zero-order chi connectivity index (χ0) is 25.5. The molecule has 0 saturated carbocycles. The van der Waals surface area contributed by atoms with Gasteiger partial charge >= 0.3 is 212 Å². The Morgan fingerprint density at radius 3 is 1.18 bits per heavy atom. The molecule has 0 saturated heterocycles. The van der Waals surface area contributed by atoms with Gasteiger partial charge in [0.25, 0.3) is 0 Å². The van der Waals surface area contributed by atoms with E-state index in [-0.39, 0.29) is 5.40 Å². The molecule has 1 atom stereocenters. The Balaban J connectivity index is 6.08. The normalized spacial score (nSPS) is 16.3. The molecule has 0 aromatic carbocycles. The van der Waals surface area contributed by atoms with E-state index in [4.69, 9.17) is 0 Å². The number of unbranched alkanes of at least 4 members (excludes halogenated alkanes) is 4. The second-order valence-corrected chi connectivity index (χ2v) is 27.2. The SMILES string of the molecule is CCCCP(CC)(CC)(CCCC)CCCC(P(O)O)P(CC)(CC)(CCCC)CCCC. The van der Waals surface area contributed by atoms with Gasteiger partial charge in [0.05, 0.1) is 0 Å². The Morgan fingerprint density at radius 2 is 0.879 bits per heavy atom. The third-order valence-electron chi connectivity index (χ3n) is 10.4. The molecule has 0 aliphatic carbocycles. The van der Waals surface area contributed by atoms with Gasteiger partial charge < -0.3 is 0 Å². The van der Waals surface area contributed by atoms with E-state index >= 15 is 0 Å². The first-order valence-electron chi connectivity index (χ1n) is 14.8. The average molecular weight is 527 g/mol. The van der Waals surface area contributed by atoms with Gasteiger partial charge in [-0.15, -0.1) is 0 Å². The Labute approximate surface area is 211 Å². The molecular weight excluding hydrogens is 461 g/mol. The Morgan fingerprint density at radius 1 is 0.515 bits per heavy atom. The molecule has 0 radical (unpaired) electrons. The van der Waals surface area contributed by atoms with Crippen LogP contribution in [0.3, 0.4) is 0 Å². The van der Waals surface area contributed by atoms with Gasteiger partial charge in [-0.25, -0.2) is 0 Å². The van der Waals surface area contributed by atoms with Gasteiger partial charge in [0.1, 0.15) is 0 Å². The summed E-state index contributed by atoms with van der Waals surface area (Å²) >= 11 is 0. The summed E-state index contributed by atoms with van der Waals surface area (Å²) in [5.41, 5.74) is 0. The van der Waals surface area contributed by atoms with Crippen molar-refractivity contribution in [3.63, 3.8) is 0 Å². The van der Waals surface area contributed by atoms with Crippen molar-refractivity contribution in [1.29, 1.82) is 0 Å². The van der Waals surface area contributed by atoms with Gasteiger partial charge in [0.15, 0.2) is 0 Å². The molecule has 0 amide bonds. The fourth-order valence-corrected chi connectivity index (χ4v) is 24.6. The maximum absolute atomic E-state index is 10.9. The summed E-state index contributed by atoms with van der Waals surface area (Å²) < 4.78 is 0. The van der Waals surface area contributed by atoms with Crippen LogP contribution in [0, 0.1) is 0 Å². The molecule has 204 valence electrons. The van der Waals surface area contributed by atoms with Crippen LogP contribution in [0.2, 0.25) is 0 Å². The van der Waals surface area contributed by atoms with Crippen molar-refractivity contribution >= 4 is 21.6 Å². The number of hydrogen-bond donors (Lipinski definition) is 2. The topological polar surface area (TPSA) is 40.5 Å². The molecule has 0 rings (SSSR count). The standard InChI is InChI=1S/C28H65O2P3/c1-9-17-23-32(13-5,14-6,24-18-10-2)25-21-22-28(31(29)30)33(15-7,16-8,26-19-11-3)27-20-12-4/h28-30H,9-27H2,1-8H3. The third-order valence-corrected chi connectivity index (χ3v) is 30.5. The second-order valence-electron chi connectivity index (χ2n) is 11.5. The van der Waals surface area contributed by atoms with Crippen LogP contribution in [0.1, 0.15) is 120 Å². The summed E-state index contributed by atoms with van der Waals surface area (Å²) in [6, 6.07) is 0. The molecule has 0 aliphatic heterocycles. The zero-order valence-corrected chi connectivity index (χ0v) is 26.9. The van der Waals surface area contributed by atoms with Gasteiger partial charge in [-0.1, -0.05) is 0 Å². The molecule has 5 heteroatoms. The van der Waals surface area contributed by atoms with Crippen LogP contribution in [0.4, 0.5) is 0 Å². The van der Waals surface area contributed by atoms with Crippen molar-refractivity contribution in [2.45, 2.75) is 125 Å². The number of hydrogen-bond acceptors (Lipinski definition) is 2. The minimum atomic E-state index is -2.18. The fourth-order valence-electron chi connectivity index (χ4n) is 7.07. The summed E-state index contributed by atoms with van der Waals surface area (Å²) in [5, 5.41) is 0.187. The van der Waals surface area contributed by atoms with E-state index in [1.165, 1.54) is 113 Å². The summed E-state index contributed by atoms with van der Waals surface area (Å²) in [7, 11) is -1.87. The molecule has 0 aromatic rings. The molecule has 33 heavy (non-hydrogen) atoms. The third kappa shape index (κ3) is 8.63. The van der Waals surface area contributed by atoms with Crippen molar-refractivity contribution in [1.82, 2.24) is 0 Å². The van der Waals surface area contributed by atoms with Gasteiger partial charge in [0, 0.05) is 0 Å². The molecule has 0 aliphatic rings. The van der Waals surface area contributed by atoms with E-state index in [1.54, 1.807) is 0 Å². The van der Waals surface area contributed by atoms with E-state index in [2.05, 4.69) is 55.4 Å². The van der Waals surface area contributed by atoms with Crippen LogP contribution < -0.4 is 0 Å². The summed E-state index contributed by atoms with van der Waals surface area (Å²) in [4.78, 5) is 21.9. The van der Waals surface area contributed by atoms with E-state index in [0.717, 1.165) is 6.42 Å². The first kappa shape index (κ1) is 34.2. The molecule has 2 N–H and O–H groups in total. The Hall–Kier alpha value is 1.21. The van der Waals surface area contributed by atoms with Crippen LogP contribution in [0.15, 0.2) is 0 Å². The van der Waals surface area contributed by atoms with Crippen molar-refractivity contribution < 1.29 is 9.79 Å². The molecule has 0 fully saturated rings. The summed E-state index contributed by atoms with van der Waals surface area (Å²) in [6.45, 7) is 15.2. The van der Waals surface area contributed by atoms with Crippen molar-refractivity contribution in [3.05, 3.63) is 0 Å². The quantitative estimate of drug-likeness (QED) is 0.138. The van der Waals surface area contributed by atoms with Crippen LogP contribution in [0.25, 0.3) is 0 Å². The monoisotopic (exact) mass is 526 g/mol. The first-order valence-corrected chi connectivity index (χ1v) is 22.4. The fraction of sp³-hybridized carbons (Fsp3) is 1.00. The van der Waals surface area contributed by atoms with Crippen molar-refractivity contribution in [2.75, 3.05) is 55.5 Å². The average Bonchev–Trinajstić information content (AvgIpc) is 2.85. The van der Waals surface area contributed by atoms with Gasteiger partial charge in [0.2, 0.25) is 0 Å². The number of rotatable bonds is 22. The van der Waals surface area contributed by atoms with Crippen LogP contribution >= 0.6 is 21.6 Å². The van der Waals surface area contributed by atoms with Crippen molar-refractivity contribution in [3.8, 4) is 0 Å². The van der Waals surface area contributed by atoms with Crippen molar-refractivity contribution in [2.24, 2.45) is 0 Å². The Bertz CT molecular complexity index is 477.